The molecule has 2 heterocycles. The second-order valence-electron chi connectivity index (χ2n) is 8.81. The van der Waals surface area contributed by atoms with Crippen molar-refractivity contribution in [1.29, 1.82) is 0 Å². The quantitative estimate of drug-likeness (QED) is 0.741. The first kappa shape index (κ1) is 20.8. The molecule has 2 aliphatic heterocycles. The molecule has 4 amide bonds. The number of anilines is 2. The number of benzene rings is 2. The van der Waals surface area contributed by atoms with E-state index in [1.807, 2.05) is 41.3 Å². The van der Waals surface area contributed by atoms with Crippen LogP contribution in [0.5, 0.6) is 0 Å². The molecule has 0 aromatic heterocycles. The third-order valence-corrected chi connectivity index (χ3v) is 7.27. The maximum absolute atomic E-state index is 12.9. The Morgan fingerprint density at radius 2 is 1.84 bits per heavy atom. The zero-order valence-corrected chi connectivity index (χ0v) is 18.4. The highest BCUT2D eigenvalue weighted by Gasteiger charge is 2.58. The number of hydrogen-bond donors (Lipinski definition) is 2. The van der Waals surface area contributed by atoms with Gasteiger partial charge in [-0.1, -0.05) is 29.8 Å². The van der Waals surface area contributed by atoms with Crippen molar-refractivity contribution >= 4 is 40.8 Å². The van der Waals surface area contributed by atoms with Gasteiger partial charge in [0.1, 0.15) is 0 Å². The van der Waals surface area contributed by atoms with Crippen LogP contribution in [0.4, 0.5) is 16.2 Å². The summed E-state index contributed by atoms with van der Waals surface area (Å²) in [6.07, 6.45) is 2.48. The zero-order valence-electron chi connectivity index (χ0n) is 17.6. The van der Waals surface area contributed by atoms with E-state index in [-0.39, 0.29) is 29.2 Å². The van der Waals surface area contributed by atoms with Gasteiger partial charge in [-0.3, -0.25) is 14.5 Å². The van der Waals surface area contributed by atoms with Gasteiger partial charge in [-0.25, -0.2) is 4.79 Å². The molecule has 0 bridgehead atoms. The summed E-state index contributed by atoms with van der Waals surface area (Å²) in [7, 11) is 0. The fraction of sp³-hybridized carbons (Fsp3) is 0.375. The molecule has 2 saturated heterocycles. The molecule has 1 aliphatic carbocycles. The molecular weight excluding hydrogens is 428 g/mol. The molecule has 3 aliphatic rings. The van der Waals surface area contributed by atoms with Crippen LogP contribution in [0.2, 0.25) is 5.02 Å². The summed E-state index contributed by atoms with van der Waals surface area (Å²) in [5.41, 5.74) is 1.98. The molecule has 1 saturated carbocycles. The number of nitrogens with zero attached hydrogens (tertiary/aromatic N) is 2. The van der Waals surface area contributed by atoms with E-state index in [9.17, 15) is 14.4 Å². The number of carbonyl (C=O) groups excluding carboxylic acids is 3. The standard InChI is InChI=1S/C24H25ClN4O3/c25-20-7-2-1-6-18(20)22(31)28-11-8-24(9-12-28)15-19(24)21(30)27-16-4-3-5-17(14-16)29-13-10-26-23(29)32/h1-7,14,19H,8-13,15H2,(H,26,32)(H,27,30). The van der Waals surface area contributed by atoms with E-state index in [1.54, 1.807) is 17.0 Å². The number of halogens is 1. The second kappa shape index (κ2) is 8.13. The van der Waals surface area contributed by atoms with E-state index < -0.39 is 0 Å². The van der Waals surface area contributed by atoms with Crippen LogP contribution < -0.4 is 15.5 Å². The Kier molecular flexibility index (Phi) is 5.29. The first-order chi connectivity index (χ1) is 15.5. The van der Waals surface area contributed by atoms with Gasteiger partial charge in [-0.05, 0) is 55.0 Å². The van der Waals surface area contributed by atoms with Gasteiger partial charge >= 0.3 is 6.03 Å². The number of piperidine rings is 1. The summed E-state index contributed by atoms with van der Waals surface area (Å²) in [6.45, 7) is 2.50. The Balaban J connectivity index is 1.18. The van der Waals surface area contributed by atoms with Gasteiger partial charge in [0.25, 0.3) is 5.91 Å². The maximum Gasteiger partial charge on any atom is 0.321 e. The zero-order chi connectivity index (χ0) is 22.3. The third-order valence-electron chi connectivity index (χ3n) is 6.94. The van der Waals surface area contributed by atoms with Gasteiger partial charge in [-0.2, -0.15) is 0 Å². The molecule has 7 nitrogen and oxygen atoms in total. The van der Waals surface area contributed by atoms with Gasteiger partial charge in [0.2, 0.25) is 5.91 Å². The van der Waals surface area contributed by atoms with Crippen molar-refractivity contribution in [1.82, 2.24) is 10.2 Å². The maximum atomic E-state index is 12.9. The molecule has 8 heteroatoms. The number of nitrogens with one attached hydrogen (secondary N) is 2. The van der Waals surface area contributed by atoms with E-state index in [4.69, 9.17) is 11.6 Å². The smallest absolute Gasteiger partial charge is 0.321 e. The third kappa shape index (κ3) is 3.81. The highest BCUT2D eigenvalue weighted by molar-refractivity contribution is 6.33. The monoisotopic (exact) mass is 452 g/mol. The van der Waals surface area contributed by atoms with Crippen LogP contribution in [0.15, 0.2) is 48.5 Å². The van der Waals surface area contributed by atoms with Crippen molar-refractivity contribution in [2.24, 2.45) is 11.3 Å². The van der Waals surface area contributed by atoms with Crippen molar-refractivity contribution in [3.05, 3.63) is 59.1 Å². The molecular formula is C24H25ClN4O3. The van der Waals surface area contributed by atoms with Gasteiger partial charge < -0.3 is 15.5 Å². The highest BCUT2D eigenvalue weighted by Crippen LogP contribution is 2.59. The van der Waals surface area contributed by atoms with Crippen LogP contribution in [0.1, 0.15) is 29.6 Å². The van der Waals surface area contributed by atoms with Crippen molar-refractivity contribution in [2.75, 3.05) is 36.4 Å². The van der Waals surface area contributed by atoms with Gasteiger partial charge in [-0.15, -0.1) is 0 Å². The Morgan fingerprint density at radius 3 is 2.56 bits per heavy atom. The van der Waals surface area contributed by atoms with Gasteiger partial charge in [0.15, 0.2) is 0 Å². The van der Waals surface area contributed by atoms with Crippen LogP contribution in [-0.4, -0.2) is 48.9 Å². The molecule has 32 heavy (non-hydrogen) atoms. The van der Waals surface area contributed by atoms with Crippen molar-refractivity contribution in [3.63, 3.8) is 0 Å². The fourth-order valence-corrected chi connectivity index (χ4v) is 5.15. The molecule has 3 fully saturated rings. The Hall–Kier alpha value is -3.06. The Bertz CT molecular complexity index is 1080. The molecule has 1 unspecified atom stereocenters. The number of likely N-dealkylation sites (tertiary alicyclic amines) is 1. The van der Waals surface area contributed by atoms with Crippen LogP contribution in [0.3, 0.4) is 0 Å². The van der Waals surface area contributed by atoms with Crippen molar-refractivity contribution < 1.29 is 14.4 Å². The first-order valence-corrected chi connectivity index (χ1v) is 11.3. The molecule has 5 rings (SSSR count). The lowest BCUT2D eigenvalue weighted by Crippen LogP contribution is -2.40. The lowest BCUT2D eigenvalue weighted by atomic mass is 9.90. The SMILES string of the molecule is O=C(Nc1cccc(N2CCNC2=O)c1)C1CC12CCN(C(=O)c1ccccc1Cl)CC2. The highest BCUT2D eigenvalue weighted by atomic mass is 35.5. The van der Waals surface area contributed by atoms with E-state index in [0.29, 0.717) is 42.5 Å². The second-order valence-corrected chi connectivity index (χ2v) is 9.22. The molecule has 166 valence electrons. The van der Waals surface area contributed by atoms with E-state index in [2.05, 4.69) is 10.6 Å². The summed E-state index contributed by atoms with van der Waals surface area (Å²) in [6, 6.07) is 14.4. The summed E-state index contributed by atoms with van der Waals surface area (Å²) in [4.78, 5) is 41.1. The van der Waals surface area contributed by atoms with Crippen molar-refractivity contribution in [2.45, 2.75) is 19.3 Å². The number of hydrogen-bond acceptors (Lipinski definition) is 3. The lowest BCUT2D eigenvalue weighted by Gasteiger charge is -2.33. The fourth-order valence-electron chi connectivity index (χ4n) is 4.93. The normalized spacial score (nSPS) is 21.4. The molecule has 2 N–H and O–H groups in total. The largest absolute Gasteiger partial charge is 0.339 e. The van der Waals surface area contributed by atoms with Gasteiger partial charge in [0, 0.05) is 43.5 Å². The van der Waals surface area contributed by atoms with Crippen LogP contribution in [-0.2, 0) is 4.79 Å². The molecule has 1 atom stereocenters. The summed E-state index contributed by atoms with van der Waals surface area (Å²) in [5, 5.41) is 6.28. The van der Waals surface area contributed by atoms with Crippen LogP contribution in [0, 0.1) is 11.3 Å². The van der Waals surface area contributed by atoms with E-state index >= 15 is 0 Å². The molecule has 0 radical (unpaired) electrons. The Labute approximate surface area is 191 Å². The number of carbonyl (C=O) groups is 3. The number of amides is 4. The minimum Gasteiger partial charge on any atom is -0.339 e. The summed E-state index contributed by atoms with van der Waals surface area (Å²) >= 11 is 6.18. The van der Waals surface area contributed by atoms with Gasteiger partial charge in [0.05, 0.1) is 10.6 Å². The first-order valence-electron chi connectivity index (χ1n) is 11.0. The van der Waals surface area contributed by atoms with Crippen molar-refractivity contribution in [3.8, 4) is 0 Å². The molecule has 1 spiro atoms. The van der Waals surface area contributed by atoms with E-state index in [0.717, 1.165) is 24.9 Å². The molecule has 2 aromatic carbocycles. The number of urea groups is 1. The topological polar surface area (TPSA) is 81.8 Å². The summed E-state index contributed by atoms with van der Waals surface area (Å²) < 4.78 is 0. The van der Waals surface area contributed by atoms with E-state index in [1.165, 1.54) is 0 Å². The summed E-state index contributed by atoms with van der Waals surface area (Å²) in [5.74, 6) is -0.0763. The lowest BCUT2D eigenvalue weighted by molar-refractivity contribution is -0.118. The predicted molar refractivity (Wildman–Crippen MR) is 123 cm³/mol. The predicted octanol–water partition coefficient (Wildman–Crippen LogP) is 3.75. The minimum atomic E-state index is -0.118. The molecule has 2 aromatic rings. The number of rotatable bonds is 4. The average Bonchev–Trinajstić information content (AvgIpc) is 3.32. The average molecular weight is 453 g/mol. The van der Waals surface area contributed by atoms with Crippen LogP contribution >= 0.6 is 11.6 Å². The minimum absolute atomic E-state index is 0.0129. The Morgan fingerprint density at radius 1 is 1.06 bits per heavy atom. The van der Waals surface area contributed by atoms with Crippen LogP contribution in [0.25, 0.3) is 0 Å².